The van der Waals surface area contributed by atoms with E-state index >= 15 is 0 Å². The summed E-state index contributed by atoms with van der Waals surface area (Å²) >= 11 is 3.58. The molecule has 0 radical (unpaired) electrons. The topological polar surface area (TPSA) is 14.2 Å². The van der Waals surface area contributed by atoms with Crippen molar-refractivity contribution in [3.63, 3.8) is 0 Å². The minimum absolute atomic E-state index is 0.648. The second-order valence-corrected chi connectivity index (χ2v) is 12.8. The number of aryl methyl sites for hydroxylation is 1. The Morgan fingerprint density at radius 2 is 2.00 bits per heavy atom. The highest BCUT2D eigenvalue weighted by Gasteiger charge is 2.12. The molecule has 1 aromatic heterocycles. The average Bonchev–Trinajstić information content (AvgIpc) is 2.67. The Morgan fingerprint density at radius 3 is 2.68 bits per heavy atom. The molecule has 2 aromatic rings. The first kappa shape index (κ1) is 14.8. The molecule has 0 saturated carbocycles. The fourth-order valence-electron chi connectivity index (χ4n) is 1.97. The zero-order chi connectivity index (χ0) is 14.0. The molecular weight excluding hydrogens is 318 g/mol. The smallest absolute Gasteiger partial charge is 0.122 e. The van der Waals surface area contributed by atoms with E-state index in [0.717, 1.165) is 11.1 Å². The Bertz CT molecular complexity index is 571. The van der Waals surface area contributed by atoms with Gasteiger partial charge in [0.15, 0.2) is 0 Å². The lowest BCUT2D eigenvalue weighted by atomic mass is 10.2. The van der Waals surface area contributed by atoms with E-state index in [2.05, 4.69) is 71.5 Å². The lowest BCUT2D eigenvalue weighted by Gasteiger charge is -2.15. The molecule has 0 amide bonds. The summed E-state index contributed by atoms with van der Waals surface area (Å²) in [6.07, 6.45) is 2.10. The predicted molar refractivity (Wildman–Crippen MR) is 88.5 cm³/mol. The van der Waals surface area contributed by atoms with Crippen LogP contribution in [-0.4, -0.2) is 19.2 Å². The SMILES string of the molecule is Cc1cc2c(ccn2COCC[Si](C)(C)C)cc1Br. The first-order valence-electron chi connectivity index (χ1n) is 6.69. The number of hydrogen-bond donors (Lipinski definition) is 0. The molecule has 0 bridgehead atoms. The van der Waals surface area contributed by atoms with Gasteiger partial charge in [-0.15, -0.1) is 0 Å². The fourth-order valence-corrected chi connectivity index (χ4v) is 3.09. The largest absolute Gasteiger partial charge is 0.361 e. The maximum atomic E-state index is 5.82. The van der Waals surface area contributed by atoms with Crippen LogP contribution in [0.25, 0.3) is 10.9 Å². The Morgan fingerprint density at radius 1 is 1.26 bits per heavy atom. The predicted octanol–water partition coefficient (Wildman–Crippen LogP) is 5.02. The molecule has 0 unspecified atom stereocenters. The van der Waals surface area contributed by atoms with E-state index in [1.807, 2.05) is 0 Å². The van der Waals surface area contributed by atoms with Gasteiger partial charge >= 0.3 is 0 Å². The van der Waals surface area contributed by atoms with Gasteiger partial charge in [-0.1, -0.05) is 35.6 Å². The summed E-state index contributed by atoms with van der Waals surface area (Å²) in [6, 6.07) is 7.74. The van der Waals surface area contributed by atoms with Crippen LogP contribution in [0, 0.1) is 6.92 Å². The van der Waals surface area contributed by atoms with Crippen molar-refractivity contribution in [3.8, 4) is 0 Å². The van der Waals surface area contributed by atoms with Gasteiger partial charge in [-0.05, 0) is 36.7 Å². The summed E-state index contributed by atoms with van der Waals surface area (Å²) in [7, 11) is -0.990. The van der Waals surface area contributed by atoms with E-state index < -0.39 is 8.07 Å². The highest BCUT2D eigenvalue weighted by atomic mass is 79.9. The van der Waals surface area contributed by atoms with Crippen molar-refractivity contribution in [2.45, 2.75) is 39.3 Å². The maximum absolute atomic E-state index is 5.82. The third-order valence-corrected chi connectivity index (χ3v) is 5.84. The van der Waals surface area contributed by atoms with E-state index in [9.17, 15) is 0 Å². The number of rotatable bonds is 5. The van der Waals surface area contributed by atoms with Crippen LogP contribution in [0.1, 0.15) is 5.56 Å². The van der Waals surface area contributed by atoms with E-state index in [0.29, 0.717) is 6.73 Å². The summed E-state index contributed by atoms with van der Waals surface area (Å²) in [5, 5.41) is 1.26. The van der Waals surface area contributed by atoms with Crippen molar-refractivity contribution in [2.75, 3.05) is 6.61 Å². The quantitative estimate of drug-likeness (QED) is 0.550. The molecule has 2 nitrogen and oxygen atoms in total. The van der Waals surface area contributed by atoms with Crippen LogP contribution < -0.4 is 0 Å². The first-order valence-corrected chi connectivity index (χ1v) is 11.2. The molecule has 2 rings (SSSR count). The molecule has 0 aliphatic heterocycles. The van der Waals surface area contributed by atoms with Gasteiger partial charge in [0.25, 0.3) is 0 Å². The van der Waals surface area contributed by atoms with E-state index in [4.69, 9.17) is 4.74 Å². The normalized spacial score (nSPS) is 12.3. The van der Waals surface area contributed by atoms with Crippen molar-refractivity contribution >= 4 is 34.9 Å². The van der Waals surface area contributed by atoms with Gasteiger partial charge < -0.3 is 9.30 Å². The monoisotopic (exact) mass is 339 g/mol. The lowest BCUT2D eigenvalue weighted by Crippen LogP contribution is -2.21. The van der Waals surface area contributed by atoms with Gasteiger partial charge in [0.05, 0.1) is 5.52 Å². The molecular formula is C15H22BrNOSi. The van der Waals surface area contributed by atoms with Crippen molar-refractivity contribution in [3.05, 3.63) is 34.4 Å². The van der Waals surface area contributed by atoms with Gasteiger partial charge in [-0.25, -0.2) is 0 Å². The minimum atomic E-state index is -0.990. The molecule has 4 heteroatoms. The van der Waals surface area contributed by atoms with E-state index in [1.54, 1.807) is 0 Å². The molecule has 19 heavy (non-hydrogen) atoms. The van der Waals surface area contributed by atoms with Crippen LogP contribution in [0.4, 0.5) is 0 Å². The highest BCUT2D eigenvalue weighted by molar-refractivity contribution is 9.10. The molecule has 0 spiro atoms. The molecule has 0 aliphatic rings. The number of halogens is 1. The third-order valence-electron chi connectivity index (χ3n) is 3.28. The van der Waals surface area contributed by atoms with Crippen LogP contribution in [-0.2, 0) is 11.5 Å². The Labute approximate surface area is 124 Å². The van der Waals surface area contributed by atoms with Crippen LogP contribution in [0.5, 0.6) is 0 Å². The van der Waals surface area contributed by atoms with E-state index in [-0.39, 0.29) is 0 Å². The summed E-state index contributed by atoms with van der Waals surface area (Å²) in [4.78, 5) is 0. The second-order valence-electron chi connectivity index (χ2n) is 6.29. The molecule has 0 atom stereocenters. The number of hydrogen-bond acceptors (Lipinski definition) is 1. The maximum Gasteiger partial charge on any atom is 0.122 e. The van der Waals surface area contributed by atoms with E-state index in [1.165, 1.54) is 22.5 Å². The first-order chi connectivity index (χ1) is 8.87. The standard InChI is InChI=1S/C15H22BrNOSi/c1-12-9-15-13(10-14(12)16)5-6-17(15)11-18-7-8-19(2,3)4/h5-6,9-10H,7-8,11H2,1-4H3. The summed E-state index contributed by atoms with van der Waals surface area (Å²) in [6.45, 7) is 10.8. The van der Waals surface area contributed by atoms with Gasteiger partial charge in [-0.3, -0.25) is 0 Å². The number of fused-ring (bicyclic) bond motifs is 1. The van der Waals surface area contributed by atoms with Crippen LogP contribution in [0.2, 0.25) is 25.7 Å². The average molecular weight is 340 g/mol. The Balaban J connectivity index is 2.03. The molecule has 0 saturated heterocycles. The molecule has 0 fully saturated rings. The third kappa shape index (κ3) is 3.94. The Kier molecular flexibility index (Phi) is 4.53. The van der Waals surface area contributed by atoms with Crippen LogP contribution in [0.15, 0.2) is 28.9 Å². The summed E-state index contributed by atoms with van der Waals surface area (Å²) in [5.74, 6) is 0. The van der Waals surface area contributed by atoms with Gasteiger partial charge in [0.2, 0.25) is 0 Å². The number of benzene rings is 1. The lowest BCUT2D eigenvalue weighted by molar-refractivity contribution is 0.0902. The zero-order valence-corrected chi connectivity index (χ0v) is 14.8. The molecule has 104 valence electrons. The van der Waals surface area contributed by atoms with Crippen molar-refractivity contribution in [2.24, 2.45) is 0 Å². The van der Waals surface area contributed by atoms with Crippen LogP contribution >= 0.6 is 15.9 Å². The number of aromatic nitrogens is 1. The van der Waals surface area contributed by atoms with Gasteiger partial charge in [0.1, 0.15) is 6.73 Å². The summed E-state index contributed by atoms with van der Waals surface area (Å²) < 4.78 is 9.16. The number of nitrogens with zero attached hydrogens (tertiary/aromatic N) is 1. The van der Waals surface area contributed by atoms with Crippen molar-refractivity contribution in [1.82, 2.24) is 4.57 Å². The fraction of sp³-hybridized carbons (Fsp3) is 0.467. The van der Waals surface area contributed by atoms with Crippen molar-refractivity contribution < 1.29 is 4.74 Å². The number of ether oxygens (including phenoxy) is 1. The second kappa shape index (κ2) is 5.81. The van der Waals surface area contributed by atoms with Gasteiger partial charge in [-0.2, -0.15) is 0 Å². The van der Waals surface area contributed by atoms with Gasteiger partial charge in [0, 0.05) is 30.7 Å². The minimum Gasteiger partial charge on any atom is -0.361 e. The molecule has 0 N–H and O–H groups in total. The molecule has 1 heterocycles. The molecule has 0 aliphatic carbocycles. The Hall–Kier alpha value is -0.583. The summed E-state index contributed by atoms with van der Waals surface area (Å²) in [5.41, 5.74) is 2.50. The van der Waals surface area contributed by atoms with Crippen LogP contribution in [0.3, 0.4) is 0 Å². The zero-order valence-electron chi connectivity index (χ0n) is 12.2. The molecule has 1 aromatic carbocycles. The highest BCUT2D eigenvalue weighted by Crippen LogP contribution is 2.24. The van der Waals surface area contributed by atoms with Crippen molar-refractivity contribution in [1.29, 1.82) is 0 Å².